The summed E-state index contributed by atoms with van der Waals surface area (Å²) in [6, 6.07) is 4.55. The number of hydrogen-bond acceptors (Lipinski definition) is 5. The lowest BCUT2D eigenvalue weighted by molar-refractivity contribution is -0.384. The fourth-order valence-electron chi connectivity index (χ4n) is 1.22. The topological polar surface area (TPSA) is 78.4 Å². The molecule has 0 spiro atoms. The number of non-ortho nitro benzene ring substituents is 1. The average Bonchev–Trinajstić information content (AvgIpc) is 2.12. The molecule has 1 fully saturated rings. The van der Waals surface area contributed by atoms with E-state index >= 15 is 0 Å². The van der Waals surface area contributed by atoms with Gasteiger partial charge in [0.05, 0.1) is 29.1 Å². The number of nitrogen functional groups attached to an aromatic ring is 1. The third-order valence-corrected chi connectivity index (χ3v) is 3.34. The van der Waals surface area contributed by atoms with Gasteiger partial charge in [-0.05, 0) is 6.07 Å². The molecular weight excluding hydrogens is 216 g/mol. The molecule has 0 amide bonds. The van der Waals surface area contributed by atoms with Crippen molar-refractivity contribution in [1.82, 2.24) is 0 Å². The summed E-state index contributed by atoms with van der Waals surface area (Å²) in [5.41, 5.74) is 6.21. The summed E-state index contributed by atoms with van der Waals surface area (Å²) in [5.74, 6) is 0. The molecule has 1 aliphatic heterocycles. The molecule has 2 rings (SSSR count). The Morgan fingerprint density at radius 3 is 2.73 bits per heavy atom. The van der Waals surface area contributed by atoms with Crippen molar-refractivity contribution in [3.63, 3.8) is 0 Å². The molecule has 1 aliphatic rings. The number of nitro benzene ring substituents is 1. The van der Waals surface area contributed by atoms with Crippen molar-refractivity contribution < 1.29 is 9.66 Å². The summed E-state index contributed by atoms with van der Waals surface area (Å²) in [6.07, 6.45) is 0. The average molecular weight is 226 g/mol. The number of nitrogens with two attached hydrogens (primary N) is 1. The highest BCUT2D eigenvalue weighted by atomic mass is 32.2. The van der Waals surface area contributed by atoms with E-state index in [1.165, 1.54) is 12.1 Å². The molecule has 0 unspecified atom stereocenters. The van der Waals surface area contributed by atoms with Crippen LogP contribution < -0.4 is 5.73 Å². The molecule has 1 aromatic carbocycles. The highest BCUT2D eigenvalue weighted by Crippen LogP contribution is 2.33. The maximum absolute atomic E-state index is 10.5. The fourth-order valence-corrected chi connectivity index (χ4v) is 2.25. The quantitative estimate of drug-likeness (QED) is 0.482. The van der Waals surface area contributed by atoms with Gasteiger partial charge in [-0.1, -0.05) is 0 Å². The van der Waals surface area contributed by atoms with Gasteiger partial charge < -0.3 is 10.5 Å². The van der Waals surface area contributed by atoms with Crippen LogP contribution in [0.5, 0.6) is 0 Å². The van der Waals surface area contributed by atoms with Crippen LogP contribution in [-0.4, -0.2) is 23.4 Å². The summed E-state index contributed by atoms with van der Waals surface area (Å²) in [7, 11) is 0. The molecule has 1 aromatic rings. The first-order valence-electron chi connectivity index (χ1n) is 4.45. The van der Waals surface area contributed by atoms with Crippen molar-refractivity contribution in [3.8, 4) is 0 Å². The first kappa shape index (κ1) is 10.3. The zero-order valence-corrected chi connectivity index (χ0v) is 8.70. The van der Waals surface area contributed by atoms with Crippen LogP contribution in [0.1, 0.15) is 0 Å². The van der Waals surface area contributed by atoms with Crippen molar-refractivity contribution in [3.05, 3.63) is 28.3 Å². The predicted octanol–water partition coefficient (Wildman–Crippen LogP) is 1.67. The van der Waals surface area contributed by atoms with Crippen LogP contribution in [0.2, 0.25) is 0 Å². The molecule has 0 radical (unpaired) electrons. The Bertz CT molecular complexity index is 393. The molecule has 6 heteroatoms. The summed E-state index contributed by atoms with van der Waals surface area (Å²) in [4.78, 5) is 10.9. The van der Waals surface area contributed by atoms with Crippen LogP contribution in [0.15, 0.2) is 23.1 Å². The van der Waals surface area contributed by atoms with Crippen LogP contribution in [0.25, 0.3) is 0 Å². The SMILES string of the molecule is Nc1cc([N+](=O)[O-])ccc1SC1COC1. The minimum Gasteiger partial charge on any atom is -0.398 e. The second kappa shape index (κ2) is 4.08. The van der Waals surface area contributed by atoms with Crippen molar-refractivity contribution in [2.24, 2.45) is 0 Å². The Hall–Kier alpha value is -1.27. The smallest absolute Gasteiger partial charge is 0.271 e. The third kappa shape index (κ3) is 2.21. The fraction of sp³-hybridized carbons (Fsp3) is 0.333. The second-order valence-corrected chi connectivity index (χ2v) is 4.60. The Morgan fingerprint density at radius 1 is 1.53 bits per heavy atom. The summed E-state index contributed by atoms with van der Waals surface area (Å²) < 4.78 is 5.04. The molecule has 80 valence electrons. The number of hydrogen-bond donors (Lipinski definition) is 1. The Kier molecular flexibility index (Phi) is 2.79. The minimum absolute atomic E-state index is 0.0294. The van der Waals surface area contributed by atoms with Crippen molar-refractivity contribution in [2.45, 2.75) is 10.1 Å². The van der Waals surface area contributed by atoms with Gasteiger partial charge >= 0.3 is 0 Å². The maximum Gasteiger partial charge on any atom is 0.271 e. The van der Waals surface area contributed by atoms with Crippen LogP contribution in [0.4, 0.5) is 11.4 Å². The molecule has 0 saturated carbocycles. The second-order valence-electron chi connectivity index (χ2n) is 3.26. The van der Waals surface area contributed by atoms with E-state index in [1.54, 1.807) is 17.8 Å². The number of ether oxygens (including phenoxy) is 1. The van der Waals surface area contributed by atoms with E-state index in [2.05, 4.69) is 0 Å². The number of benzene rings is 1. The van der Waals surface area contributed by atoms with Gasteiger partial charge in [0.2, 0.25) is 0 Å². The van der Waals surface area contributed by atoms with Gasteiger partial charge in [0.1, 0.15) is 0 Å². The highest BCUT2D eigenvalue weighted by Gasteiger charge is 2.21. The van der Waals surface area contributed by atoms with Crippen LogP contribution in [-0.2, 0) is 4.74 Å². The van der Waals surface area contributed by atoms with Gasteiger partial charge in [0.25, 0.3) is 5.69 Å². The van der Waals surface area contributed by atoms with E-state index in [-0.39, 0.29) is 5.69 Å². The van der Waals surface area contributed by atoms with Gasteiger partial charge in [0, 0.05) is 17.0 Å². The van der Waals surface area contributed by atoms with E-state index < -0.39 is 4.92 Å². The molecule has 0 aromatic heterocycles. The van der Waals surface area contributed by atoms with Crippen molar-refractivity contribution in [1.29, 1.82) is 0 Å². The van der Waals surface area contributed by atoms with E-state index in [9.17, 15) is 10.1 Å². The first-order valence-corrected chi connectivity index (χ1v) is 5.33. The standard InChI is InChI=1S/C9H10N2O3S/c10-8-3-6(11(12)13)1-2-9(8)15-7-4-14-5-7/h1-3,7H,4-5,10H2. The lowest BCUT2D eigenvalue weighted by atomic mass is 10.3. The molecule has 0 bridgehead atoms. The molecule has 0 atom stereocenters. The van der Waals surface area contributed by atoms with Crippen LogP contribution in [0.3, 0.4) is 0 Å². The van der Waals surface area contributed by atoms with E-state index in [0.717, 1.165) is 18.1 Å². The largest absolute Gasteiger partial charge is 0.398 e. The monoisotopic (exact) mass is 226 g/mol. The zero-order valence-electron chi connectivity index (χ0n) is 7.88. The number of rotatable bonds is 3. The molecule has 0 aliphatic carbocycles. The first-order chi connectivity index (χ1) is 7.16. The van der Waals surface area contributed by atoms with Crippen LogP contribution >= 0.6 is 11.8 Å². The van der Waals surface area contributed by atoms with Gasteiger partial charge in [0.15, 0.2) is 0 Å². The lowest BCUT2D eigenvalue weighted by Gasteiger charge is -2.25. The molecule has 1 heterocycles. The molecule has 2 N–H and O–H groups in total. The molecule has 15 heavy (non-hydrogen) atoms. The van der Waals surface area contributed by atoms with E-state index in [4.69, 9.17) is 10.5 Å². The third-order valence-electron chi connectivity index (χ3n) is 2.11. The summed E-state index contributed by atoms with van der Waals surface area (Å²) in [6.45, 7) is 1.45. The normalized spacial score (nSPS) is 16.0. The Balaban J connectivity index is 2.14. The van der Waals surface area contributed by atoms with Crippen molar-refractivity contribution >= 4 is 23.1 Å². The van der Waals surface area contributed by atoms with Gasteiger partial charge in [-0.3, -0.25) is 10.1 Å². The lowest BCUT2D eigenvalue weighted by Crippen LogP contribution is -2.30. The summed E-state index contributed by atoms with van der Waals surface area (Å²) in [5, 5.41) is 10.9. The minimum atomic E-state index is -0.447. The number of anilines is 1. The molecular formula is C9H10N2O3S. The maximum atomic E-state index is 10.5. The molecule has 5 nitrogen and oxygen atoms in total. The number of nitrogens with zero attached hydrogens (tertiary/aromatic N) is 1. The van der Waals surface area contributed by atoms with E-state index in [1.807, 2.05) is 0 Å². The predicted molar refractivity (Wildman–Crippen MR) is 58.0 cm³/mol. The highest BCUT2D eigenvalue weighted by molar-refractivity contribution is 8.00. The van der Waals surface area contributed by atoms with Crippen molar-refractivity contribution in [2.75, 3.05) is 18.9 Å². The van der Waals surface area contributed by atoms with Crippen LogP contribution in [0, 0.1) is 10.1 Å². The Labute approximate surface area is 90.7 Å². The van der Waals surface area contributed by atoms with E-state index in [0.29, 0.717) is 10.9 Å². The summed E-state index contributed by atoms with van der Waals surface area (Å²) >= 11 is 1.60. The van der Waals surface area contributed by atoms with Gasteiger partial charge in [-0.15, -0.1) is 11.8 Å². The number of nitro groups is 1. The zero-order chi connectivity index (χ0) is 10.8. The Morgan fingerprint density at radius 2 is 2.27 bits per heavy atom. The molecule has 1 saturated heterocycles. The van der Waals surface area contributed by atoms with Gasteiger partial charge in [-0.2, -0.15) is 0 Å². The van der Waals surface area contributed by atoms with Gasteiger partial charge in [-0.25, -0.2) is 0 Å². The number of thioether (sulfide) groups is 1.